The Kier molecular flexibility index (Phi) is 4.12. The molecular formula is C13H19N3O2. The van der Waals surface area contributed by atoms with Gasteiger partial charge >= 0.3 is 5.97 Å². The molecule has 1 aliphatic rings. The third-order valence-electron chi connectivity index (χ3n) is 3.48. The first kappa shape index (κ1) is 12.8. The number of anilines is 1. The van der Waals surface area contributed by atoms with Crippen LogP contribution < -0.4 is 4.90 Å². The number of nitrogens with zero attached hydrogens (tertiary/aromatic N) is 3. The van der Waals surface area contributed by atoms with Gasteiger partial charge in [0.1, 0.15) is 0 Å². The van der Waals surface area contributed by atoms with Gasteiger partial charge in [0.25, 0.3) is 0 Å². The Bertz CT molecular complexity index is 399. The standard InChI is InChI=1S/C13H19N3O2/c1-16(9-10-5-3-2-4-6-10)13-14-7-11(8-15-13)12(17)18/h7-8,10H,2-6,9H2,1H3,(H,17,18). The average molecular weight is 249 g/mol. The van der Waals surface area contributed by atoms with Gasteiger partial charge in [0, 0.05) is 26.0 Å². The van der Waals surface area contributed by atoms with Crippen molar-refractivity contribution in [3.8, 4) is 0 Å². The summed E-state index contributed by atoms with van der Waals surface area (Å²) in [5.74, 6) is 0.327. The highest BCUT2D eigenvalue weighted by atomic mass is 16.4. The molecule has 1 N–H and O–H groups in total. The van der Waals surface area contributed by atoms with Gasteiger partial charge in [-0.2, -0.15) is 0 Å². The number of rotatable bonds is 4. The van der Waals surface area contributed by atoms with Gasteiger partial charge in [-0.15, -0.1) is 0 Å². The Balaban J connectivity index is 1.95. The third-order valence-corrected chi connectivity index (χ3v) is 3.48. The van der Waals surface area contributed by atoms with Gasteiger partial charge < -0.3 is 10.0 Å². The molecule has 18 heavy (non-hydrogen) atoms. The lowest BCUT2D eigenvalue weighted by Gasteiger charge is -2.26. The monoisotopic (exact) mass is 249 g/mol. The summed E-state index contributed by atoms with van der Waals surface area (Å²) < 4.78 is 0. The predicted octanol–water partition coefficient (Wildman–Crippen LogP) is 2.19. The first-order valence-electron chi connectivity index (χ1n) is 6.43. The van der Waals surface area contributed by atoms with Crippen LogP contribution in [-0.4, -0.2) is 34.6 Å². The van der Waals surface area contributed by atoms with Crippen molar-refractivity contribution in [2.24, 2.45) is 5.92 Å². The van der Waals surface area contributed by atoms with E-state index in [1.807, 2.05) is 11.9 Å². The minimum atomic E-state index is -0.989. The molecule has 5 heteroatoms. The number of aromatic nitrogens is 2. The molecule has 1 aromatic rings. The molecule has 2 rings (SSSR count). The smallest absolute Gasteiger partial charge is 0.338 e. The SMILES string of the molecule is CN(CC1CCCCC1)c1ncc(C(=O)O)cn1. The van der Waals surface area contributed by atoms with Crippen LogP contribution in [0.1, 0.15) is 42.5 Å². The molecule has 0 aliphatic heterocycles. The van der Waals surface area contributed by atoms with Gasteiger partial charge in [0.15, 0.2) is 0 Å². The largest absolute Gasteiger partial charge is 0.478 e. The average Bonchev–Trinajstić information content (AvgIpc) is 2.40. The third kappa shape index (κ3) is 3.18. The van der Waals surface area contributed by atoms with Crippen LogP contribution in [-0.2, 0) is 0 Å². The fourth-order valence-electron chi connectivity index (χ4n) is 2.47. The number of carboxylic acids is 1. The van der Waals surface area contributed by atoms with E-state index in [4.69, 9.17) is 5.11 Å². The second kappa shape index (κ2) is 5.80. The zero-order chi connectivity index (χ0) is 13.0. The van der Waals surface area contributed by atoms with Gasteiger partial charge in [-0.3, -0.25) is 0 Å². The van der Waals surface area contributed by atoms with Crippen molar-refractivity contribution >= 4 is 11.9 Å². The molecule has 1 aromatic heterocycles. The predicted molar refractivity (Wildman–Crippen MR) is 68.8 cm³/mol. The normalized spacial score (nSPS) is 16.5. The van der Waals surface area contributed by atoms with Gasteiger partial charge in [-0.25, -0.2) is 14.8 Å². The molecule has 0 amide bonds. The highest BCUT2D eigenvalue weighted by Gasteiger charge is 2.16. The van der Waals surface area contributed by atoms with Gasteiger partial charge in [0.05, 0.1) is 5.56 Å². The van der Waals surface area contributed by atoms with Crippen molar-refractivity contribution < 1.29 is 9.90 Å². The quantitative estimate of drug-likeness (QED) is 0.886. The summed E-state index contributed by atoms with van der Waals surface area (Å²) in [6.07, 6.45) is 9.26. The highest BCUT2D eigenvalue weighted by Crippen LogP contribution is 2.24. The highest BCUT2D eigenvalue weighted by molar-refractivity contribution is 5.86. The van der Waals surface area contributed by atoms with Crippen LogP contribution in [0.15, 0.2) is 12.4 Å². The number of carboxylic acid groups (broad SMARTS) is 1. The molecular weight excluding hydrogens is 230 g/mol. The van der Waals surface area contributed by atoms with Crippen LogP contribution in [0, 0.1) is 5.92 Å². The maximum Gasteiger partial charge on any atom is 0.338 e. The van der Waals surface area contributed by atoms with Crippen LogP contribution >= 0.6 is 0 Å². The second-order valence-electron chi connectivity index (χ2n) is 4.96. The molecule has 1 saturated carbocycles. The summed E-state index contributed by atoms with van der Waals surface area (Å²) in [5.41, 5.74) is 0.129. The lowest BCUT2D eigenvalue weighted by molar-refractivity contribution is 0.0696. The van der Waals surface area contributed by atoms with E-state index in [1.165, 1.54) is 44.5 Å². The van der Waals surface area contributed by atoms with E-state index in [-0.39, 0.29) is 5.56 Å². The Labute approximate surface area is 107 Å². The topological polar surface area (TPSA) is 66.3 Å². The van der Waals surface area contributed by atoms with E-state index in [9.17, 15) is 4.79 Å². The zero-order valence-electron chi connectivity index (χ0n) is 10.7. The number of hydrogen-bond acceptors (Lipinski definition) is 4. The molecule has 1 heterocycles. The molecule has 1 fully saturated rings. The Morgan fingerprint density at radius 3 is 2.50 bits per heavy atom. The molecule has 0 unspecified atom stereocenters. The lowest BCUT2D eigenvalue weighted by atomic mass is 9.89. The van der Waals surface area contributed by atoms with Crippen molar-refractivity contribution in [3.05, 3.63) is 18.0 Å². The van der Waals surface area contributed by atoms with Crippen molar-refractivity contribution in [3.63, 3.8) is 0 Å². The van der Waals surface area contributed by atoms with Gasteiger partial charge in [-0.05, 0) is 18.8 Å². The van der Waals surface area contributed by atoms with Crippen LogP contribution in [0.25, 0.3) is 0 Å². The van der Waals surface area contributed by atoms with Crippen molar-refractivity contribution in [1.29, 1.82) is 0 Å². The van der Waals surface area contributed by atoms with Crippen molar-refractivity contribution in [2.75, 3.05) is 18.5 Å². The molecule has 0 radical (unpaired) electrons. The number of carbonyl (C=O) groups is 1. The minimum Gasteiger partial charge on any atom is -0.478 e. The molecule has 0 bridgehead atoms. The Morgan fingerprint density at radius 2 is 1.94 bits per heavy atom. The Hall–Kier alpha value is -1.65. The molecule has 1 aliphatic carbocycles. The van der Waals surface area contributed by atoms with Crippen molar-refractivity contribution in [1.82, 2.24) is 9.97 Å². The summed E-state index contributed by atoms with van der Waals surface area (Å²) in [4.78, 5) is 20.9. The summed E-state index contributed by atoms with van der Waals surface area (Å²) >= 11 is 0. The van der Waals surface area contributed by atoms with Crippen molar-refractivity contribution in [2.45, 2.75) is 32.1 Å². The van der Waals surface area contributed by atoms with E-state index in [0.29, 0.717) is 11.9 Å². The van der Waals surface area contributed by atoms with E-state index < -0.39 is 5.97 Å². The maximum absolute atomic E-state index is 10.7. The molecule has 98 valence electrons. The zero-order valence-corrected chi connectivity index (χ0v) is 10.7. The fraction of sp³-hybridized carbons (Fsp3) is 0.615. The molecule has 0 aromatic carbocycles. The summed E-state index contributed by atoms with van der Waals surface area (Å²) in [6.45, 7) is 0.951. The first-order chi connectivity index (χ1) is 8.66. The van der Waals surface area contributed by atoms with E-state index in [0.717, 1.165) is 6.54 Å². The van der Waals surface area contributed by atoms with Crippen LogP contribution in [0.2, 0.25) is 0 Å². The minimum absolute atomic E-state index is 0.129. The van der Waals surface area contributed by atoms with Gasteiger partial charge in [-0.1, -0.05) is 19.3 Å². The first-order valence-corrected chi connectivity index (χ1v) is 6.43. The van der Waals surface area contributed by atoms with E-state index >= 15 is 0 Å². The van der Waals surface area contributed by atoms with Crippen LogP contribution in [0.4, 0.5) is 5.95 Å². The lowest BCUT2D eigenvalue weighted by Crippen LogP contribution is -2.28. The summed E-state index contributed by atoms with van der Waals surface area (Å²) in [5, 5.41) is 8.78. The number of hydrogen-bond donors (Lipinski definition) is 1. The maximum atomic E-state index is 10.7. The van der Waals surface area contributed by atoms with Crippen LogP contribution in [0.5, 0.6) is 0 Å². The second-order valence-corrected chi connectivity index (χ2v) is 4.96. The van der Waals surface area contributed by atoms with Crippen LogP contribution in [0.3, 0.4) is 0 Å². The Morgan fingerprint density at radius 1 is 1.33 bits per heavy atom. The molecule has 5 nitrogen and oxygen atoms in total. The summed E-state index contributed by atoms with van der Waals surface area (Å²) in [6, 6.07) is 0. The van der Waals surface area contributed by atoms with E-state index in [2.05, 4.69) is 9.97 Å². The van der Waals surface area contributed by atoms with Gasteiger partial charge in [0.2, 0.25) is 5.95 Å². The molecule has 0 atom stereocenters. The fourth-order valence-corrected chi connectivity index (χ4v) is 2.47. The van der Waals surface area contributed by atoms with E-state index in [1.54, 1.807) is 0 Å². The molecule has 0 spiro atoms. The summed E-state index contributed by atoms with van der Waals surface area (Å²) in [7, 11) is 1.96. The molecule has 0 saturated heterocycles. The number of aromatic carboxylic acids is 1.